The molecule has 4 fully saturated rings. The number of aliphatic hydroxyl groups is 1. The summed E-state index contributed by atoms with van der Waals surface area (Å²) in [6.07, 6.45) is 4.93. The van der Waals surface area contributed by atoms with Crippen LogP contribution in [0.4, 0.5) is 4.79 Å². The van der Waals surface area contributed by atoms with Crippen LogP contribution in [-0.4, -0.2) is 76.5 Å². The van der Waals surface area contributed by atoms with Crippen molar-refractivity contribution in [2.45, 2.75) is 61.7 Å². The van der Waals surface area contributed by atoms with E-state index in [1.54, 1.807) is 0 Å². The number of β-lactam (4-membered cyclic amide) rings is 1. The molecule has 0 spiro atoms. The van der Waals surface area contributed by atoms with Crippen molar-refractivity contribution in [2.75, 3.05) is 19.0 Å². The monoisotopic (exact) mass is 411 g/mol. The molecule has 0 saturated carbocycles. The zero-order valence-electron chi connectivity index (χ0n) is 15.5. The Balaban J connectivity index is 1.15. The maximum Gasteiger partial charge on any atom is 0.336 e. The van der Waals surface area contributed by atoms with Crippen LogP contribution in [0.5, 0.6) is 0 Å². The van der Waals surface area contributed by atoms with Gasteiger partial charge < -0.3 is 25.2 Å². The maximum atomic E-state index is 12.4. The Morgan fingerprint density at radius 1 is 1.32 bits per heavy atom. The molecule has 4 aliphatic heterocycles. The van der Waals surface area contributed by atoms with Crippen molar-refractivity contribution in [3.05, 3.63) is 11.8 Å². The molecule has 3 N–H and O–H groups in total. The number of nitrogens with one attached hydrogen (secondary N) is 2. The lowest BCUT2D eigenvalue weighted by molar-refractivity contribution is -0.165. The van der Waals surface area contributed by atoms with Gasteiger partial charge in [-0.15, -0.1) is 0 Å². The van der Waals surface area contributed by atoms with Crippen molar-refractivity contribution in [1.82, 2.24) is 15.5 Å². The van der Waals surface area contributed by atoms with Gasteiger partial charge in [0, 0.05) is 11.0 Å². The average molecular weight is 411 g/mol. The first-order chi connectivity index (χ1) is 13.6. The highest BCUT2D eigenvalue weighted by molar-refractivity contribution is 8.00. The summed E-state index contributed by atoms with van der Waals surface area (Å²) < 4.78 is 10.9. The lowest BCUT2D eigenvalue weighted by Crippen LogP contribution is -2.55. The van der Waals surface area contributed by atoms with Gasteiger partial charge in [-0.3, -0.25) is 9.69 Å². The van der Waals surface area contributed by atoms with Crippen molar-refractivity contribution in [2.24, 2.45) is 0 Å². The molecule has 28 heavy (non-hydrogen) atoms. The van der Waals surface area contributed by atoms with Crippen LogP contribution in [0.25, 0.3) is 0 Å². The zero-order chi connectivity index (χ0) is 19.7. The molecule has 0 radical (unpaired) electrons. The van der Waals surface area contributed by atoms with Gasteiger partial charge in [0.1, 0.15) is 5.76 Å². The predicted molar refractivity (Wildman–Crippen MR) is 100 cm³/mol. The Morgan fingerprint density at radius 3 is 2.96 bits per heavy atom. The van der Waals surface area contributed by atoms with E-state index in [0.29, 0.717) is 11.0 Å². The number of nitrogens with zero attached hydrogens (tertiary/aromatic N) is 1. The molecular formula is C18H25N3O6S. The molecule has 0 bridgehead atoms. The molecule has 0 aromatic rings. The second kappa shape index (κ2) is 8.20. The molecule has 4 heterocycles. The number of unbranched alkanes of at least 4 members (excludes halogenated alkanes) is 2. The van der Waals surface area contributed by atoms with Gasteiger partial charge in [0.05, 0.1) is 31.7 Å². The first-order valence-corrected chi connectivity index (χ1v) is 10.8. The molecule has 0 aromatic carbocycles. The van der Waals surface area contributed by atoms with E-state index >= 15 is 0 Å². The van der Waals surface area contributed by atoms with Gasteiger partial charge in [-0.1, -0.05) is 12.8 Å². The van der Waals surface area contributed by atoms with Crippen molar-refractivity contribution in [1.29, 1.82) is 0 Å². The second-order valence-electron chi connectivity index (χ2n) is 7.41. The van der Waals surface area contributed by atoms with Gasteiger partial charge in [-0.25, -0.2) is 9.59 Å². The lowest BCUT2D eigenvalue weighted by Gasteiger charge is -2.33. The van der Waals surface area contributed by atoms with Crippen LogP contribution in [0.1, 0.15) is 32.1 Å². The Morgan fingerprint density at radius 2 is 2.18 bits per heavy atom. The Kier molecular flexibility index (Phi) is 5.68. The smallest absolute Gasteiger partial charge is 0.336 e. The molecule has 0 aromatic heterocycles. The molecule has 4 saturated heterocycles. The van der Waals surface area contributed by atoms with Gasteiger partial charge in [0.2, 0.25) is 5.91 Å². The van der Waals surface area contributed by atoms with Gasteiger partial charge in [0.25, 0.3) is 0 Å². The first-order valence-electron chi connectivity index (χ1n) is 9.72. The summed E-state index contributed by atoms with van der Waals surface area (Å²) in [4.78, 5) is 36.9. The van der Waals surface area contributed by atoms with Crippen LogP contribution < -0.4 is 10.6 Å². The first kappa shape index (κ1) is 19.4. The van der Waals surface area contributed by atoms with Crippen LogP contribution in [0.2, 0.25) is 0 Å². The Bertz CT molecular complexity index is 686. The minimum Gasteiger partial charge on any atom is -0.472 e. The molecule has 10 heteroatoms. The van der Waals surface area contributed by atoms with Crippen molar-refractivity contribution in [3.8, 4) is 0 Å². The largest absolute Gasteiger partial charge is 0.472 e. The van der Waals surface area contributed by atoms with Crippen molar-refractivity contribution < 1.29 is 29.0 Å². The van der Waals surface area contributed by atoms with Crippen LogP contribution in [-0.2, 0) is 19.1 Å². The number of fused-ring (bicyclic) bond motifs is 2. The summed E-state index contributed by atoms with van der Waals surface area (Å²) in [5, 5.41) is 15.4. The van der Waals surface area contributed by atoms with Gasteiger partial charge >= 0.3 is 12.0 Å². The number of aliphatic hydroxyl groups excluding tert-OH is 1. The van der Waals surface area contributed by atoms with Crippen LogP contribution >= 0.6 is 11.8 Å². The number of hydrogen-bond acceptors (Lipinski definition) is 7. The Labute approximate surface area is 167 Å². The Hall–Kier alpha value is -1.94. The molecule has 0 unspecified atom stereocenters. The summed E-state index contributed by atoms with van der Waals surface area (Å²) in [7, 11) is 0. The van der Waals surface area contributed by atoms with E-state index in [1.807, 2.05) is 11.8 Å². The fourth-order valence-corrected chi connectivity index (χ4v) is 5.71. The minimum atomic E-state index is -0.872. The van der Waals surface area contributed by atoms with Crippen LogP contribution in [0.3, 0.4) is 0 Å². The number of amides is 3. The number of urea groups is 1. The highest BCUT2D eigenvalue weighted by Gasteiger charge is 2.54. The SMILES string of the molecule is O=C1N[C@H]2[C@H](CS[C@H]2CCCCCOC(=O)[C@H]2/C(=C/CO)O[C@@H]3CC(=O)N32)N1. The molecule has 0 aliphatic carbocycles. The fourth-order valence-electron chi connectivity index (χ4n) is 4.17. The number of rotatable bonds is 8. The topological polar surface area (TPSA) is 117 Å². The number of thioether (sulfide) groups is 1. The summed E-state index contributed by atoms with van der Waals surface area (Å²) in [6.45, 7) is 0.0292. The van der Waals surface area contributed by atoms with Crippen LogP contribution in [0, 0.1) is 0 Å². The molecule has 3 amide bonds. The van der Waals surface area contributed by atoms with E-state index in [-0.39, 0.29) is 43.7 Å². The third-order valence-electron chi connectivity index (χ3n) is 5.60. The molecule has 5 atom stereocenters. The minimum absolute atomic E-state index is 0.0688. The van der Waals surface area contributed by atoms with E-state index in [4.69, 9.17) is 14.6 Å². The van der Waals surface area contributed by atoms with Gasteiger partial charge in [-0.2, -0.15) is 11.8 Å². The van der Waals surface area contributed by atoms with E-state index < -0.39 is 18.2 Å². The average Bonchev–Trinajstić information content (AvgIpc) is 3.29. The number of carbonyl (C=O) groups is 3. The summed E-state index contributed by atoms with van der Waals surface area (Å²) in [5.74, 6) is 0.594. The van der Waals surface area contributed by atoms with E-state index in [0.717, 1.165) is 31.4 Å². The summed E-state index contributed by atoms with van der Waals surface area (Å²) >= 11 is 1.89. The number of hydrogen-bond donors (Lipinski definition) is 3. The summed E-state index contributed by atoms with van der Waals surface area (Å²) in [6, 6.07) is -0.480. The molecule has 4 rings (SSSR count). The number of esters is 1. The maximum absolute atomic E-state index is 12.4. The number of ether oxygens (including phenoxy) is 2. The highest BCUT2D eigenvalue weighted by Crippen LogP contribution is 2.37. The molecule has 9 nitrogen and oxygen atoms in total. The van der Waals surface area contributed by atoms with Gasteiger partial charge in [-0.05, 0) is 18.9 Å². The zero-order valence-corrected chi connectivity index (χ0v) is 16.3. The van der Waals surface area contributed by atoms with Crippen LogP contribution in [0.15, 0.2) is 11.8 Å². The van der Waals surface area contributed by atoms with E-state index in [1.165, 1.54) is 11.0 Å². The summed E-state index contributed by atoms with van der Waals surface area (Å²) in [5.41, 5.74) is 0. The highest BCUT2D eigenvalue weighted by atomic mass is 32.2. The van der Waals surface area contributed by atoms with Crippen molar-refractivity contribution in [3.63, 3.8) is 0 Å². The third-order valence-corrected chi connectivity index (χ3v) is 7.11. The van der Waals surface area contributed by atoms with E-state index in [2.05, 4.69) is 10.6 Å². The lowest BCUT2D eigenvalue weighted by atomic mass is 10.0. The van der Waals surface area contributed by atoms with Crippen molar-refractivity contribution >= 4 is 29.7 Å². The van der Waals surface area contributed by atoms with Gasteiger partial charge in [0.15, 0.2) is 12.3 Å². The predicted octanol–water partition coefficient (Wildman–Crippen LogP) is 0.0888. The standard InChI is InChI=1S/C18H25N3O6S/c22-6-5-11-16(21-13(23)8-14(21)27-11)17(24)26-7-3-1-2-4-12-15-10(9-28-12)19-18(25)20-15/h5,10,12,14-16,22H,1-4,6-9H2,(H2,19,20,25)/b11-5-/t10-,12-,14+,15-,16+/m0/s1. The number of carbonyl (C=O) groups excluding carboxylic acids is 3. The van der Waals surface area contributed by atoms with E-state index in [9.17, 15) is 14.4 Å². The quantitative estimate of drug-likeness (QED) is 0.224. The third kappa shape index (κ3) is 3.67. The normalized spacial score (nSPS) is 34.4. The molecular weight excluding hydrogens is 386 g/mol. The second-order valence-corrected chi connectivity index (χ2v) is 8.68. The molecule has 4 aliphatic rings. The fraction of sp³-hybridized carbons (Fsp3) is 0.722. The molecule has 154 valence electrons.